The molecule has 0 aromatic heterocycles. The number of nitrogens with two attached hydrogens (primary N) is 1. The van der Waals surface area contributed by atoms with Gasteiger partial charge >= 0.3 is 11.9 Å². The summed E-state index contributed by atoms with van der Waals surface area (Å²) in [4.78, 5) is 34.2. The van der Waals surface area contributed by atoms with E-state index in [2.05, 4.69) is 10.1 Å². The molecule has 0 saturated heterocycles. The molecule has 0 fully saturated rings. The number of esters is 1. The van der Waals surface area contributed by atoms with Crippen molar-refractivity contribution in [2.45, 2.75) is 12.8 Å². The van der Waals surface area contributed by atoms with E-state index in [9.17, 15) is 24.8 Å². The molecule has 2 rings (SSSR count). The Morgan fingerprint density at radius 3 is 2.58 bits per heavy atom. The average molecular weight is 333 g/mol. The molecule has 0 bridgehead atoms. The van der Waals surface area contributed by atoms with Gasteiger partial charge in [-0.3, -0.25) is 10.1 Å². The van der Waals surface area contributed by atoms with E-state index in [0.717, 1.165) is 7.11 Å². The number of nitrogens with one attached hydrogen (secondary N) is 1. The molecule has 1 aliphatic heterocycles. The van der Waals surface area contributed by atoms with Crippen molar-refractivity contribution in [2.75, 3.05) is 7.11 Å². The molecule has 1 heterocycles. The Morgan fingerprint density at radius 1 is 1.38 bits per heavy atom. The molecule has 0 amide bonds. The molecule has 0 saturated carbocycles. The van der Waals surface area contributed by atoms with Gasteiger partial charge in [-0.1, -0.05) is 12.1 Å². The van der Waals surface area contributed by atoms with Crippen molar-refractivity contribution in [1.82, 2.24) is 5.32 Å². The first-order valence-electron chi connectivity index (χ1n) is 6.81. The molecule has 9 heteroatoms. The first-order chi connectivity index (χ1) is 11.3. The average Bonchev–Trinajstić information content (AvgIpc) is 2.53. The van der Waals surface area contributed by atoms with Crippen LogP contribution in [0.25, 0.3) is 0 Å². The molecule has 9 nitrogen and oxygen atoms in total. The van der Waals surface area contributed by atoms with Crippen molar-refractivity contribution in [2.24, 2.45) is 5.73 Å². The molecule has 4 N–H and O–H groups in total. The Labute approximate surface area is 136 Å². The Hall–Kier alpha value is -3.36. The number of carbonyl (C=O) groups excluding carboxylic acids is 1. The van der Waals surface area contributed by atoms with E-state index in [1.54, 1.807) is 0 Å². The van der Waals surface area contributed by atoms with Crippen LogP contribution < -0.4 is 11.1 Å². The van der Waals surface area contributed by atoms with Crippen molar-refractivity contribution in [3.05, 3.63) is 62.6 Å². The zero-order valence-electron chi connectivity index (χ0n) is 12.9. The van der Waals surface area contributed by atoms with Gasteiger partial charge in [-0.15, -0.1) is 0 Å². The van der Waals surface area contributed by atoms with E-state index in [0.29, 0.717) is 0 Å². The van der Waals surface area contributed by atoms with Gasteiger partial charge in [0.1, 0.15) is 5.82 Å². The summed E-state index contributed by atoms with van der Waals surface area (Å²) in [7, 11) is 1.14. The van der Waals surface area contributed by atoms with Crippen molar-refractivity contribution < 1.29 is 24.4 Å². The predicted molar refractivity (Wildman–Crippen MR) is 82.5 cm³/mol. The molecule has 1 aromatic carbocycles. The largest absolute Gasteiger partial charge is 0.478 e. The molecule has 1 aliphatic rings. The molecular weight excluding hydrogens is 318 g/mol. The van der Waals surface area contributed by atoms with Gasteiger partial charge in [-0.2, -0.15) is 0 Å². The van der Waals surface area contributed by atoms with Crippen LogP contribution in [0.2, 0.25) is 0 Å². The summed E-state index contributed by atoms with van der Waals surface area (Å²) in [6.07, 6.45) is 0. The van der Waals surface area contributed by atoms with Crippen molar-refractivity contribution in [3.63, 3.8) is 0 Å². The lowest BCUT2D eigenvalue weighted by molar-refractivity contribution is -0.384. The summed E-state index contributed by atoms with van der Waals surface area (Å²) in [5.74, 6) is -3.23. The Kier molecular flexibility index (Phi) is 4.54. The Bertz CT molecular complexity index is 796. The molecule has 0 aliphatic carbocycles. The van der Waals surface area contributed by atoms with E-state index >= 15 is 0 Å². The maximum absolute atomic E-state index is 12.1. The summed E-state index contributed by atoms with van der Waals surface area (Å²) in [6, 6.07) is 5.39. The summed E-state index contributed by atoms with van der Waals surface area (Å²) in [5, 5.41) is 23.2. The van der Waals surface area contributed by atoms with Crippen molar-refractivity contribution >= 4 is 17.6 Å². The minimum Gasteiger partial charge on any atom is -0.478 e. The minimum absolute atomic E-state index is 0.0548. The van der Waals surface area contributed by atoms with E-state index in [1.807, 2.05) is 0 Å². The highest BCUT2D eigenvalue weighted by atomic mass is 16.6. The number of benzene rings is 1. The topological polar surface area (TPSA) is 145 Å². The van der Waals surface area contributed by atoms with Gasteiger partial charge < -0.3 is 20.9 Å². The second-order valence-electron chi connectivity index (χ2n) is 5.07. The van der Waals surface area contributed by atoms with Gasteiger partial charge in [0, 0.05) is 17.8 Å². The number of non-ortho nitro benzene ring substituents is 1. The summed E-state index contributed by atoms with van der Waals surface area (Å²) in [5.41, 5.74) is 5.87. The molecule has 1 atom stereocenters. The van der Waals surface area contributed by atoms with E-state index in [4.69, 9.17) is 5.73 Å². The molecule has 0 spiro atoms. The zero-order chi connectivity index (χ0) is 18.0. The number of allylic oxidation sites excluding steroid dienone is 1. The summed E-state index contributed by atoms with van der Waals surface area (Å²) < 4.78 is 4.69. The number of nitro benzene ring substituents is 1. The molecular formula is C15H15N3O6. The fraction of sp³-hybridized carbons (Fsp3) is 0.200. The number of carboxylic acid groups (broad SMARTS) is 1. The summed E-state index contributed by atoms with van der Waals surface area (Å²) >= 11 is 0. The third kappa shape index (κ3) is 2.91. The quantitative estimate of drug-likeness (QED) is 0.420. The molecule has 0 radical (unpaired) electrons. The third-order valence-corrected chi connectivity index (χ3v) is 3.64. The molecule has 1 aromatic rings. The molecule has 24 heavy (non-hydrogen) atoms. The normalized spacial score (nSPS) is 17.3. The van der Waals surface area contributed by atoms with E-state index in [1.165, 1.54) is 31.2 Å². The lowest BCUT2D eigenvalue weighted by Gasteiger charge is -2.28. The monoisotopic (exact) mass is 333 g/mol. The SMILES string of the molecule is COC(=O)C1=C(N)NC(C)=C(C(=O)O)C1c1cccc([N+](=O)[O-])c1. The Morgan fingerprint density at radius 2 is 2.04 bits per heavy atom. The van der Waals surface area contributed by atoms with Crippen LogP contribution in [0.15, 0.2) is 46.9 Å². The number of aliphatic carboxylic acids is 1. The van der Waals surface area contributed by atoms with Gasteiger partial charge in [0.2, 0.25) is 0 Å². The highest BCUT2D eigenvalue weighted by Crippen LogP contribution is 2.38. The summed E-state index contributed by atoms with van der Waals surface area (Å²) in [6.45, 7) is 1.49. The number of nitrogens with zero attached hydrogens (tertiary/aromatic N) is 1. The lowest BCUT2D eigenvalue weighted by atomic mass is 9.81. The maximum atomic E-state index is 12.1. The highest BCUT2D eigenvalue weighted by molar-refractivity contribution is 5.99. The number of dihydropyridines is 1. The highest BCUT2D eigenvalue weighted by Gasteiger charge is 2.38. The number of nitro groups is 1. The van der Waals surface area contributed by atoms with Gasteiger partial charge in [0.25, 0.3) is 5.69 Å². The van der Waals surface area contributed by atoms with Crippen LogP contribution in [0.3, 0.4) is 0 Å². The Balaban J connectivity index is 2.72. The van der Waals surface area contributed by atoms with Crippen molar-refractivity contribution in [3.8, 4) is 0 Å². The number of methoxy groups -OCH3 is 1. The standard InChI is InChI=1S/C15H15N3O6/c1-7-10(14(19)20)11(12(13(16)17-7)15(21)24-2)8-4-3-5-9(6-8)18(22)23/h3-6,11,17H,16H2,1-2H3,(H,19,20). The van der Waals surface area contributed by atoms with Gasteiger partial charge in [0.15, 0.2) is 0 Å². The predicted octanol–water partition coefficient (Wildman–Crippen LogP) is 0.983. The van der Waals surface area contributed by atoms with Crippen LogP contribution in [0, 0.1) is 10.1 Å². The fourth-order valence-electron chi connectivity index (χ4n) is 2.63. The second kappa shape index (κ2) is 6.41. The molecule has 126 valence electrons. The van der Waals surface area contributed by atoms with Crippen LogP contribution in [-0.4, -0.2) is 29.1 Å². The van der Waals surface area contributed by atoms with Gasteiger partial charge in [-0.25, -0.2) is 9.59 Å². The number of hydrogen-bond donors (Lipinski definition) is 3. The smallest absolute Gasteiger partial charge is 0.338 e. The zero-order valence-corrected chi connectivity index (χ0v) is 12.9. The van der Waals surface area contributed by atoms with Crippen molar-refractivity contribution in [1.29, 1.82) is 0 Å². The van der Waals surface area contributed by atoms with Crippen LogP contribution in [0.5, 0.6) is 0 Å². The third-order valence-electron chi connectivity index (χ3n) is 3.64. The van der Waals surface area contributed by atoms with Crippen LogP contribution in [-0.2, 0) is 14.3 Å². The second-order valence-corrected chi connectivity index (χ2v) is 5.07. The number of carboxylic acids is 1. The van der Waals surface area contributed by atoms with Gasteiger partial charge in [0.05, 0.1) is 29.1 Å². The van der Waals surface area contributed by atoms with Crippen LogP contribution >= 0.6 is 0 Å². The first kappa shape index (κ1) is 17.0. The molecule has 1 unspecified atom stereocenters. The van der Waals surface area contributed by atoms with Crippen LogP contribution in [0.1, 0.15) is 18.4 Å². The lowest BCUT2D eigenvalue weighted by Crippen LogP contribution is -2.35. The number of ether oxygens (including phenoxy) is 1. The minimum atomic E-state index is -1.27. The maximum Gasteiger partial charge on any atom is 0.338 e. The number of carbonyl (C=O) groups is 2. The van der Waals surface area contributed by atoms with Crippen LogP contribution in [0.4, 0.5) is 5.69 Å². The van der Waals surface area contributed by atoms with E-state index in [-0.39, 0.29) is 33.9 Å². The first-order valence-corrected chi connectivity index (χ1v) is 6.81. The number of hydrogen-bond acceptors (Lipinski definition) is 7. The van der Waals surface area contributed by atoms with Gasteiger partial charge in [-0.05, 0) is 12.5 Å². The van der Waals surface area contributed by atoms with E-state index < -0.39 is 22.8 Å². The fourth-order valence-corrected chi connectivity index (χ4v) is 2.63. The number of rotatable bonds is 4.